The molecule has 2 unspecified atom stereocenters. The molecule has 1 aromatic heterocycles. The number of nitrogens with zero attached hydrogens (tertiary/aromatic N) is 1. The average Bonchev–Trinajstić information content (AvgIpc) is 2.31. The Balaban J connectivity index is 2.71. The van der Waals surface area contributed by atoms with Gasteiger partial charge in [0.1, 0.15) is 0 Å². The number of ether oxygens (including phenoxy) is 1. The second-order valence-electron chi connectivity index (χ2n) is 4.39. The zero-order chi connectivity index (χ0) is 12.8. The van der Waals surface area contributed by atoms with Crippen molar-refractivity contribution in [3.05, 3.63) is 28.5 Å². The van der Waals surface area contributed by atoms with Crippen molar-refractivity contribution in [2.75, 3.05) is 7.11 Å². The van der Waals surface area contributed by atoms with E-state index >= 15 is 0 Å². The lowest BCUT2D eigenvalue weighted by Crippen LogP contribution is -2.48. The lowest BCUT2D eigenvalue weighted by atomic mass is 9.96. The Morgan fingerprint density at radius 2 is 2.18 bits per heavy atom. The molecule has 17 heavy (non-hydrogen) atoms. The fourth-order valence-electron chi connectivity index (χ4n) is 1.92. The van der Waals surface area contributed by atoms with Crippen LogP contribution in [0.15, 0.2) is 22.8 Å². The Morgan fingerprint density at radius 1 is 1.47 bits per heavy atom. The Hall–Kier alpha value is -0.490. The van der Waals surface area contributed by atoms with Crippen molar-refractivity contribution in [1.82, 2.24) is 10.4 Å². The molecule has 0 amide bonds. The molecule has 0 bridgehead atoms. The number of nitrogens with one attached hydrogen (secondary N) is 1. The van der Waals surface area contributed by atoms with Crippen LogP contribution < -0.4 is 11.3 Å². The summed E-state index contributed by atoms with van der Waals surface area (Å²) >= 11 is 3.37. The molecule has 0 radical (unpaired) electrons. The molecule has 0 aliphatic heterocycles. The van der Waals surface area contributed by atoms with E-state index in [4.69, 9.17) is 10.6 Å². The fraction of sp³-hybridized carbons (Fsp3) is 0.583. The number of methoxy groups -OCH3 is 1. The van der Waals surface area contributed by atoms with Crippen LogP contribution in [0.1, 0.15) is 19.5 Å². The first-order valence-corrected chi connectivity index (χ1v) is 6.47. The number of rotatable bonds is 6. The second-order valence-corrected chi connectivity index (χ2v) is 5.31. The second kappa shape index (κ2) is 7.06. The number of hydrogen-bond acceptors (Lipinski definition) is 4. The van der Waals surface area contributed by atoms with Crippen LogP contribution in [-0.4, -0.2) is 24.2 Å². The summed E-state index contributed by atoms with van der Waals surface area (Å²) in [6.45, 7) is 4.24. The van der Waals surface area contributed by atoms with Crippen molar-refractivity contribution >= 4 is 15.9 Å². The molecule has 5 heteroatoms. The maximum atomic E-state index is 5.60. The Bertz CT molecular complexity index is 329. The highest BCUT2D eigenvalue weighted by molar-refractivity contribution is 9.10. The Labute approximate surface area is 111 Å². The van der Waals surface area contributed by atoms with Gasteiger partial charge >= 0.3 is 0 Å². The van der Waals surface area contributed by atoms with Crippen LogP contribution in [0, 0.1) is 5.92 Å². The average molecular weight is 302 g/mol. The van der Waals surface area contributed by atoms with Gasteiger partial charge in [0.05, 0.1) is 12.1 Å². The first-order valence-electron chi connectivity index (χ1n) is 5.67. The summed E-state index contributed by atoms with van der Waals surface area (Å²) in [6, 6.07) is 4.03. The smallest absolute Gasteiger partial charge is 0.0764 e. The van der Waals surface area contributed by atoms with Crippen molar-refractivity contribution < 1.29 is 4.74 Å². The zero-order valence-corrected chi connectivity index (χ0v) is 12.1. The quantitative estimate of drug-likeness (QED) is 0.622. The molecule has 0 aliphatic carbocycles. The molecule has 2 atom stereocenters. The lowest BCUT2D eigenvalue weighted by molar-refractivity contribution is 0.0329. The third-order valence-electron chi connectivity index (χ3n) is 2.76. The number of aromatic nitrogens is 1. The van der Waals surface area contributed by atoms with Gasteiger partial charge in [-0.1, -0.05) is 13.8 Å². The molecule has 1 rings (SSSR count). The molecule has 0 saturated carbocycles. The monoisotopic (exact) mass is 301 g/mol. The molecule has 0 saturated heterocycles. The number of pyridine rings is 1. The van der Waals surface area contributed by atoms with E-state index in [1.54, 1.807) is 13.3 Å². The van der Waals surface area contributed by atoms with Crippen molar-refractivity contribution in [1.29, 1.82) is 0 Å². The van der Waals surface area contributed by atoms with Gasteiger partial charge in [0.15, 0.2) is 0 Å². The number of nitrogens with two attached hydrogens (primary N) is 1. The SMILES string of the molecule is COC(C(C)C)C(Cc1ccc(Br)cn1)NN. The minimum atomic E-state index is 0.0636. The van der Waals surface area contributed by atoms with Crippen LogP contribution in [0.25, 0.3) is 0 Å². The minimum Gasteiger partial charge on any atom is -0.380 e. The van der Waals surface area contributed by atoms with E-state index in [2.05, 4.69) is 40.2 Å². The maximum Gasteiger partial charge on any atom is 0.0764 e. The van der Waals surface area contributed by atoms with E-state index in [0.29, 0.717) is 5.92 Å². The van der Waals surface area contributed by atoms with E-state index in [0.717, 1.165) is 16.6 Å². The molecular formula is C12H20BrN3O. The molecule has 4 nitrogen and oxygen atoms in total. The molecule has 1 aromatic rings. The number of hydrogen-bond donors (Lipinski definition) is 2. The predicted octanol–water partition coefficient (Wildman–Crippen LogP) is 1.89. The largest absolute Gasteiger partial charge is 0.380 e. The fourth-order valence-corrected chi connectivity index (χ4v) is 2.16. The van der Waals surface area contributed by atoms with Gasteiger partial charge in [0.2, 0.25) is 0 Å². The van der Waals surface area contributed by atoms with Crippen molar-refractivity contribution in [3.8, 4) is 0 Å². The van der Waals surface area contributed by atoms with Gasteiger partial charge in [-0.3, -0.25) is 16.3 Å². The third-order valence-corrected chi connectivity index (χ3v) is 3.23. The molecule has 0 spiro atoms. The maximum absolute atomic E-state index is 5.60. The van der Waals surface area contributed by atoms with Gasteiger partial charge < -0.3 is 4.74 Å². The van der Waals surface area contributed by atoms with Crippen LogP contribution in [0.4, 0.5) is 0 Å². The van der Waals surface area contributed by atoms with Crippen LogP contribution >= 0.6 is 15.9 Å². The van der Waals surface area contributed by atoms with Gasteiger partial charge in [-0.25, -0.2) is 0 Å². The normalized spacial score (nSPS) is 14.9. The van der Waals surface area contributed by atoms with Gasteiger partial charge in [-0.15, -0.1) is 0 Å². The summed E-state index contributed by atoms with van der Waals surface area (Å²) in [4.78, 5) is 4.34. The Kier molecular flexibility index (Phi) is 6.05. The molecular weight excluding hydrogens is 282 g/mol. The Morgan fingerprint density at radius 3 is 2.59 bits per heavy atom. The van der Waals surface area contributed by atoms with Crippen LogP contribution in [0.3, 0.4) is 0 Å². The standard InChI is InChI=1S/C12H20BrN3O/c1-8(2)12(17-3)11(16-14)6-10-5-4-9(13)7-15-10/h4-5,7-8,11-12,16H,6,14H2,1-3H3. The van der Waals surface area contributed by atoms with E-state index in [1.165, 1.54) is 0 Å². The first-order chi connectivity index (χ1) is 8.08. The highest BCUT2D eigenvalue weighted by atomic mass is 79.9. The highest BCUT2D eigenvalue weighted by Gasteiger charge is 2.23. The molecule has 0 aromatic carbocycles. The molecule has 1 heterocycles. The van der Waals surface area contributed by atoms with Gasteiger partial charge in [0, 0.05) is 29.9 Å². The predicted molar refractivity (Wildman–Crippen MR) is 72.4 cm³/mol. The van der Waals surface area contributed by atoms with Crippen LogP contribution in [0.2, 0.25) is 0 Å². The summed E-state index contributed by atoms with van der Waals surface area (Å²) < 4.78 is 6.46. The van der Waals surface area contributed by atoms with Gasteiger partial charge in [-0.05, 0) is 34.0 Å². The van der Waals surface area contributed by atoms with Crippen LogP contribution in [0.5, 0.6) is 0 Å². The van der Waals surface area contributed by atoms with Crippen molar-refractivity contribution in [3.63, 3.8) is 0 Å². The minimum absolute atomic E-state index is 0.0636. The summed E-state index contributed by atoms with van der Waals surface area (Å²) in [5.41, 5.74) is 3.82. The van der Waals surface area contributed by atoms with E-state index in [-0.39, 0.29) is 12.1 Å². The van der Waals surface area contributed by atoms with Crippen LogP contribution in [-0.2, 0) is 11.2 Å². The molecule has 0 fully saturated rings. The van der Waals surface area contributed by atoms with Crippen molar-refractivity contribution in [2.45, 2.75) is 32.4 Å². The lowest BCUT2D eigenvalue weighted by Gasteiger charge is -2.28. The van der Waals surface area contributed by atoms with Gasteiger partial charge in [-0.2, -0.15) is 0 Å². The van der Waals surface area contributed by atoms with Crippen molar-refractivity contribution in [2.24, 2.45) is 11.8 Å². The highest BCUT2D eigenvalue weighted by Crippen LogP contribution is 2.15. The molecule has 3 N–H and O–H groups in total. The molecule has 96 valence electrons. The third kappa shape index (κ3) is 4.35. The topological polar surface area (TPSA) is 60.2 Å². The zero-order valence-electron chi connectivity index (χ0n) is 10.5. The van der Waals surface area contributed by atoms with E-state index in [1.807, 2.05) is 12.1 Å². The summed E-state index contributed by atoms with van der Waals surface area (Å²) in [7, 11) is 1.71. The number of halogens is 1. The van der Waals surface area contributed by atoms with Gasteiger partial charge in [0.25, 0.3) is 0 Å². The van der Waals surface area contributed by atoms with E-state index in [9.17, 15) is 0 Å². The molecule has 0 aliphatic rings. The summed E-state index contributed by atoms with van der Waals surface area (Å²) in [5.74, 6) is 6.00. The summed E-state index contributed by atoms with van der Waals surface area (Å²) in [6.07, 6.45) is 2.62. The summed E-state index contributed by atoms with van der Waals surface area (Å²) in [5, 5.41) is 0. The van der Waals surface area contributed by atoms with E-state index < -0.39 is 0 Å². The number of hydrazine groups is 1. The first kappa shape index (κ1) is 14.6.